The zero-order valence-corrected chi connectivity index (χ0v) is 75.9. The molecule has 0 bridgehead atoms. The molecule has 0 aromatic carbocycles. The molecule has 0 aliphatic rings. The third-order valence-electron chi connectivity index (χ3n) is 20.0. The first kappa shape index (κ1) is 113. The Morgan fingerprint density at radius 3 is 0.823 bits per heavy atom. The molecule has 0 aromatic heterocycles. The molecule has 24 N–H and O–H groups in total. The lowest BCUT2D eigenvalue weighted by molar-refractivity contribution is -0.148. The van der Waals surface area contributed by atoms with Crippen LogP contribution in [0.1, 0.15) is 278 Å². The van der Waals surface area contributed by atoms with Crippen molar-refractivity contribution in [3.05, 3.63) is 0 Å². The molecule has 706 valence electrons. The minimum Gasteiger partial charge on any atom is -0.481 e. The minimum atomic E-state index is -1.90. The van der Waals surface area contributed by atoms with Crippen LogP contribution in [0.4, 0.5) is 0 Å². The lowest BCUT2D eigenvalue weighted by Crippen LogP contribution is -2.62. The number of carbonyl (C=O) groups is 20. The van der Waals surface area contributed by atoms with Gasteiger partial charge in [0.15, 0.2) is 0 Å². The number of hydrogen-bond acceptors (Lipinski definition) is 21. The van der Waals surface area contributed by atoms with Crippen LogP contribution < -0.4 is 97.8 Å². The number of ether oxygens (including phenoxy) is 1. The smallest absolute Gasteiger partial charge is 0.306 e. The first-order chi connectivity index (χ1) is 57.8. The second-order valence-electron chi connectivity index (χ2n) is 35.0. The second-order valence-corrected chi connectivity index (χ2v) is 35.0. The molecular formula is C84H148N18O22. The molecule has 40 heteroatoms. The summed E-state index contributed by atoms with van der Waals surface area (Å²) in [5.74, 6) is -22.4. The number of carboxylic acid groups (broad SMARTS) is 1. The van der Waals surface area contributed by atoms with E-state index in [0.717, 1.165) is 38.5 Å². The predicted molar refractivity (Wildman–Crippen MR) is 459 cm³/mol. The molecule has 14 atom stereocenters. The Kier molecular flexibility index (Phi) is 54.9. The fourth-order valence-corrected chi connectivity index (χ4v) is 12.9. The number of nitrogens with two attached hydrogens (primary N) is 5. The number of carboxylic acids is 1. The zero-order valence-electron chi connectivity index (χ0n) is 75.9. The van der Waals surface area contributed by atoms with Crippen LogP contribution in [-0.4, -0.2) is 209 Å². The summed E-state index contributed by atoms with van der Waals surface area (Å²) < 4.78 is 5.54. The van der Waals surface area contributed by atoms with Crippen LogP contribution in [0.5, 0.6) is 0 Å². The number of aliphatic carboxylic acids is 1. The van der Waals surface area contributed by atoms with Crippen LogP contribution in [0.3, 0.4) is 0 Å². The number of rotatable bonds is 66. The topological polar surface area (TPSA) is 657 Å². The summed E-state index contributed by atoms with van der Waals surface area (Å²) in [6, 6.07) is -20.0. The molecule has 0 aliphatic heterocycles. The summed E-state index contributed by atoms with van der Waals surface area (Å²) in [4.78, 5) is 272. The molecule has 0 spiro atoms. The second kappa shape index (κ2) is 60.1. The summed E-state index contributed by atoms with van der Waals surface area (Å²) in [5, 5.41) is 43.0. The number of hydrogen-bond donors (Lipinski definition) is 19. The lowest BCUT2D eigenvalue weighted by Gasteiger charge is -2.30. The summed E-state index contributed by atoms with van der Waals surface area (Å²) in [5.41, 5.74) is 27.4. The van der Waals surface area contributed by atoms with Gasteiger partial charge in [-0.25, -0.2) is 0 Å². The maximum absolute atomic E-state index is 14.8. The number of unbranched alkanes of at least 4 members (excludes halogenated alkanes) is 6. The molecule has 0 heterocycles. The van der Waals surface area contributed by atoms with Gasteiger partial charge in [0.2, 0.25) is 106 Å². The van der Waals surface area contributed by atoms with Crippen LogP contribution in [0, 0.1) is 47.3 Å². The van der Waals surface area contributed by atoms with Crippen molar-refractivity contribution in [2.24, 2.45) is 76.0 Å². The van der Waals surface area contributed by atoms with Crippen molar-refractivity contribution in [2.45, 2.75) is 357 Å². The third kappa shape index (κ3) is 49.0. The van der Waals surface area contributed by atoms with Gasteiger partial charge in [0.1, 0.15) is 85.2 Å². The standard InChI is InChI=1S/C84H148N18O22/c1-18-20-21-22-23-24-25-26-67(107)90-57(37-44(3)4)77(116)95-56(31-36-68(108)109)73(112)92-55(30-35-66(88)106)76(115)101-70(49(13)14)83(122)98-61(41-48(11)12)80(119)94-54(29-34-65(87)105)75(114)100-62(43-124-69(110)42-51(17)19-2)82(121)102-71(50(15)16)84(123)99-60(40-47(9)10)79(118)93-53(28-33-64(86)104)74(113)96-59(39-46(7)8)81(120)97-58(38-45(5)6)78(117)91-52(72(89)111)27-32-63(85)103/h44-62,70-71H,18-43H2,1-17H3,(H2,85,103)(H2,86,104)(H2,87,105)(H2,88,106)(H2,89,111)(H,90,107)(H,91,117)(H,92,112)(H,93,118)(H,94,119)(H,95,116)(H,96,113)(H,97,120)(H,98,122)(H,99,123)(H,100,114)(H,101,115)(H,102,121)(H,108,109)/t51-,52+,53+,54+,55+,56+,57-,58-,59-,60+,61+,62+,70+,71+/m0/s1. The summed E-state index contributed by atoms with van der Waals surface area (Å²) in [7, 11) is 0. The van der Waals surface area contributed by atoms with Crippen LogP contribution in [0.15, 0.2) is 0 Å². The van der Waals surface area contributed by atoms with Gasteiger partial charge in [-0.2, -0.15) is 0 Å². The van der Waals surface area contributed by atoms with E-state index in [9.17, 15) is 101 Å². The van der Waals surface area contributed by atoms with Gasteiger partial charge in [-0.05, 0) is 118 Å². The first-order valence-electron chi connectivity index (χ1n) is 43.6. The largest absolute Gasteiger partial charge is 0.481 e. The molecule has 0 rings (SSSR count). The maximum Gasteiger partial charge on any atom is 0.306 e. The number of nitrogens with one attached hydrogen (secondary N) is 13. The molecule has 0 unspecified atom stereocenters. The van der Waals surface area contributed by atoms with Crippen molar-refractivity contribution < 1.29 is 106 Å². The quantitative estimate of drug-likeness (QED) is 0.0289. The van der Waals surface area contributed by atoms with Gasteiger partial charge in [-0.15, -0.1) is 0 Å². The van der Waals surface area contributed by atoms with E-state index in [1.165, 1.54) is 27.7 Å². The Balaban J connectivity index is 7.49. The molecular weight excluding hydrogens is 1610 g/mol. The van der Waals surface area contributed by atoms with Gasteiger partial charge in [0.25, 0.3) is 0 Å². The van der Waals surface area contributed by atoms with Gasteiger partial charge in [0, 0.05) is 44.9 Å². The number of esters is 1. The van der Waals surface area contributed by atoms with Crippen molar-refractivity contribution >= 4 is 118 Å². The first-order valence-corrected chi connectivity index (χ1v) is 43.6. The van der Waals surface area contributed by atoms with Crippen molar-refractivity contribution in [3.8, 4) is 0 Å². The molecule has 124 heavy (non-hydrogen) atoms. The van der Waals surface area contributed by atoms with Gasteiger partial charge >= 0.3 is 11.9 Å². The van der Waals surface area contributed by atoms with E-state index in [-0.39, 0.29) is 87.4 Å². The number of primary amides is 5. The van der Waals surface area contributed by atoms with Crippen molar-refractivity contribution in [1.82, 2.24) is 69.1 Å². The number of carbonyl (C=O) groups excluding carboxylic acids is 19. The highest BCUT2D eigenvalue weighted by Gasteiger charge is 2.40. The maximum atomic E-state index is 14.8. The van der Waals surface area contributed by atoms with Crippen LogP contribution in [0.25, 0.3) is 0 Å². The third-order valence-corrected chi connectivity index (χ3v) is 20.0. The van der Waals surface area contributed by atoms with Gasteiger partial charge < -0.3 is 108 Å². The van der Waals surface area contributed by atoms with E-state index in [0.29, 0.717) is 12.8 Å². The Morgan fingerprint density at radius 1 is 0.282 bits per heavy atom. The fourth-order valence-electron chi connectivity index (χ4n) is 12.9. The molecule has 0 aromatic rings. The highest BCUT2D eigenvalue weighted by molar-refractivity contribution is 6.01. The fraction of sp³-hybridized carbons (Fsp3) is 0.762. The van der Waals surface area contributed by atoms with Gasteiger partial charge in [-0.1, -0.05) is 163 Å². The van der Waals surface area contributed by atoms with E-state index in [4.69, 9.17) is 33.4 Å². The van der Waals surface area contributed by atoms with E-state index in [1.807, 2.05) is 6.92 Å². The Bertz CT molecular complexity index is 3540. The highest BCUT2D eigenvalue weighted by Crippen LogP contribution is 2.19. The average molecular weight is 1760 g/mol. The molecule has 0 aliphatic carbocycles. The summed E-state index contributed by atoms with van der Waals surface area (Å²) in [6.45, 7) is 28.2. The van der Waals surface area contributed by atoms with Crippen LogP contribution in [0.2, 0.25) is 0 Å². The van der Waals surface area contributed by atoms with Crippen LogP contribution in [-0.2, 0) is 101 Å². The monoisotopic (exact) mass is 1760 g/mol. The van der Waals surface area contributed by atoms with Crippen molar-refractivity contribution in [2.75, 3.05) is 6.61 Å². The lowest BCUT2D eigenvalue weighted by atomic mass is 9.98. The molecule has 0 saturated carbocycles. The summed E-state index contributed by atoms with van der Waals surface area (Å²) in [6.07, 6.45) is 2.25. The Morgan fingerprint density at radius 2 is 0.532 bits per heavy atom. The van der Waals surface area contributed by atoms with E-state index < -0.39 is 273 Å². The Hall–Kier alpha value is -10.6. The molecule has 0 radical (unpaired) electrons. The molecule has 0 saturated heterocycles. The predicted octanol–water partition coefficient (Wildman–Crippen LogP) is 0.364. The van der Waals surface area contributed by atoms with Crippen LogP contribution >= 0.6 is 0 Å². The molecule has 40 nitrogen and oxygen atoms in total. The van der Waals surface area contributed by atoms with Gasteiger partial charge in [0.05, 0.1) is 0 Å². The SMILES string of the molecule is CCCCCCCCCC(=O)N[C@@H](CC(C)C)C(=O)N[C@H](CCC(=O)O)C(=O)N[C@H](CCC(N)=O)C(=O)N[C@@H](C(=O)N[C@H](CC(C)C)C(=O)N[C@H](CCC(N)=O)C(=O)N[C@H](COC(=O)C[C@@H](C)CC)C(=O)N[C@@H](C(=O)N[C@H](CC(C)C)C(=O)N[C@H](CCC(N)=O)C(=O)N[C@@H](CC(C)C)C(=O)N[C@@H](CC(C)C)C(=O)N[C@H](CCC(N)=O)C(N)=O)C(C)C)C(C)C. The molecule has 18 amide bonds. The van der Waals surface area contributed by atoms with Crippen molar-refractivity contribution in [1.29, 1.82) is 0 Å². The van der Waals surface area contributed by atoms with Crippen molar-refractivity contribution in [3.63, 3.8) is 0 Å². The van der Waals surface area contributed by atoms with E-state index in [1.54, 1.807) is 76.2 Å². The van der Waals surface area contributed by atoms with Gasteiger partial charge in [-0.3, -0.25) is 95.9 Å². The normalized spacial score (nSPS) is 14.8. The zero-order chi connectivity index (χ0) is 95.0. The minimum absolute atomic E-state index is 0.0257. The highest BCUT2D eigenvalue weighted by atomic mass is 16.5. The number of amides is 18. The van der Waals surface area contributed by atoms with E-state index in [2.05, 4.69) is 76.0 Å². The summed E-state index contributed by atoms with van der Waals surface area (Å²) >= 11 is 0. The Labute approximate surface area is 729 Å². The average Bonchev–Trinajstić information content (AvgIpc) is 0.814. The van der Waals surface area contributed by atoms with E-state index >= 15 is 0 Å². The molecule has 0 fully saturated rings.